The minimum absolute atomic E-state index is 0.178. The molecule has 0 aromatic heterocycles. The summed E-state index contributed by atoms with van der Waals surface area (Å²) < 4.78 is 15.4. The van der Waals surface area contributed by atoms with Crippen LogP contribution in [-0.4, -0.2) is 32.7 Å². The SMILES string of the molecule is CCc1ccc([C@H](C)NC(=O)COC(=O)c2ccc(OC)c(OC)c2)cc1. The highest BCUT2D eigenvalue weighted by atomic mass is 16.5. The van der Waals surface area contributed by atoms with Crippen LogP contribution in [0, 0.1) is 0 Å². The minimum atomic E-state index is -0.606. The summed E-state index contributed by atoms with van der Waals surface area (Å²) in [7, 11) is 2.99. The first kappa shape index (κ1) is 20.3. The molecule has 1 N–H and O–H groups in total. The maximum absolute atomic E-state index is 12.1. The van der Waals surface area contributed by atoms with Crippen LogP contribution in [0.5, 0.6) is 11.5 Å². The van der Waals surface area contributed by atoms with E-state index in [-0.39, 0.29) is 24.1 Å². The fraction of sp³-hybridized carbons (Fsp3) is 0.333. The summed E-state index contributed by atoms with van der Waals surface area (Å²) in [6.45, 7) is 3.62. The van der Waals surface area contributed by atoms with E-state index in [1.54, 1.807) is 12.1 Å². The smallest absolute Gasteiger partial charge is 0.338 e. The Morgan fingerprint density at radius 2 is 1.67 bits per heavy atom. The number of esters is 1. The first-order chi connectivity index (χ1) is 13.0. The number of aryl methyl sites for hydroxylation is 1. The molecule has 0 bridgehead atoms. The van der Waals surface area contributed by atoms with Crippen LogP contribution >= 0.6 is 0 Å². The number of carbonyl (C=O) groups excluding carboxylic acids is 2. The van der Waals surface area contributed by atoms with E-state index in [0.29, 0.717) is 11.5 Å². The van der Waals surface area contributed by atoms with Gasteiger partial charge < -0.3 is 19.5 Å². The van der Waals surface area contributed by atoms with Gasteiger partial charge in [0, 0.05) is 0 Å². The first-order valence-electron chi connectivity index (χ1n) is 8.75. The molecule has 1 amide bonds. The summed E-state index contributed by atoms with van der Waals surface area (Å²) in [6.07, 6.45) is 0.965. The van der Waals surface area contributed by atoms with Gasteiger partial charge >= 0.3 is 5.97 Å². The molecule has 0 heterocycles. The van der Waals surface area contributed by atoms with E-state index >= 15 is 0 Å². The second-order valence-corrected chi connectivity index (χ2v) is 6.03. The molecule has 0 fully saturated rings. The molecule has 0 aliphatic carbocycles. The largest absolute Gasteiger partial charge is 0.493 e. The first-order valence-corrected chi connectivity index (χ1v) is 8.75. The van der Waals surface area contributed by atoms with E-state index in [1.165, 1.54) is 25.8 Å². The van der Waals surface area contributed by atoms with E-state index < -0.39 is 5.97 Å². The lowest BCUT2D eigenvalue weighted by molar-refractivity contribution is -0.124. The third kappa shape index (κ3) is 5.48. The number of hydrogen-bond acceptors (Lipinski definition) is 5. The number of methoxy groups -OCH3 is 2. The highest BCUT2D eigenvalue weighted by molar-refractivity contribution is 5.92. The Hall–Kier alpha value is -3.02. The number of ether oxygens (including phenoxy) is 3. The zero-order valence-electron chi connectivity index (χ0n) is 16.1. The molecule has 0 saturated heterocycles. The van der Waals surface area contributed by atoms with Gasteiger partial charge in [-0.15, -0.1) is 0 Å². The zero-order chi connectivity index (χ0) is 19.8. The van der Waals surface area contributed by atoms with Crippen molar-refractivity contribution in [1.82, 2.24) is 5.32 Å². The minimum Gasteiger partial charge on any atom is -0.493 e. The molecule has 2 aromatic carbocycles. The van der Waals surface area contributed by atoms with Gasteiger partial charge in [0.1, 0.15) is 0 Å². The summed E-state index contributed by atoms with van der Waals surface area (Å²) in [5.74, 6) is -0.0443. The second-order valence-electron chi connectivity index (χ2n) is 6.03. The van der Waals surface area contributed by atoms with Crippen molar-refractivity contribution < 1.29 is 23.8 Å². The Morgan fingerprint density at radius 1 is 1.00 bits per heavy atom. The van der Waals surface area contributed by atoms with Gasteiger partial charge in [0.2, 0.25) is 0 Å². The van der Waals surface area contributed by atoms with E-state index in [2.05, 4.69) is 12.2 Å². The summed E-state index contributed by atoms with van der Waals surface area (Å²) in [4.78, 5) is 24.2. The van der Waals surface area contributed by atoms with Crippen LogP contribution < -0.4 is 14.8 Å². The van der Waals surface area contributed by atoms with Gasteiger partial charge in [-0.2, -0.15) is 0 Å². The number of nitrogens with one attached hydrogen (secondary N) is 1. The van der Waals surface area contributed by atoms with Crippen LogP contribution in [0.2, 0.25) is 0 Å². The van der Waals surface area contributed by atoms with E-state index in [9.17, 15) is 9.59 Å². The normalized spacial score (nSPS) is 11.4. The van der Waals surface area contributed by atoms with Crippen LogP contribution in [0.3, 0.4) is 0 Å². The lowest BCUT2D eigenvalue weighted by Gasteiger charge is -2.15. The lowest BCUT2D eigenvalue weighted by atomic mass is 10.1. The molecule has 1 atom stereocenters. The average Bonchev–Trinajstić information content (AvgIpc) is 2.71. The number of rotatable bonds is 8. The number of carbonyl (C=O) groups is 2. The monoisotopic (exact) mass is 371 g/mol. The highest BCUT2D eigenvalue weighted by Gasteiger charge is 2.15. The maximum atomic E-state index is 12.1. The molecule has 144 valence electrons. The predicted octanol–water partition coefficient (Wildman–Crippen LogP) is 3.30. The van der Waals surface area contributed by atoms with Crippen molar-refractivity contribution in [2.75, 3.05) is 20.8 Å². The van der Waals surface area contributed by atoms with Gasteiger partial charge in [-0.25, -0.2) is 4.79 Å². The third-order valence-corrected chi connectivity index (χ3v) is 4.22. The Morgan fingerprint density at radius 3 is 2.26 bits per heavy atom. The van der Waals surface area contributed by atoms with Crippen molar-refractivity contribution in [3.63, 3.8) is 0 Å². The molecule has 6 heteroatoms. The molecule has 0 spiro atoms. The van der Waals surface area contributed by atoms with E-state index in [0.717, 1.165) is 12.0 Å². The molecule has 0 aliphatic rings. The van der Waals surface area contributed by atoms with Gasteiger partial charge in [0.05, 0.1) is 25.8 Å². The molecule has 6 nitrogen and oxygen atoms in total. The molecule has 0 saturated carbocycles. The van der Waals surface area contributed by atoms with Crippen molar-refractivity contribution in [2.45, 2.75) is 26.3 Å². The Labute approximate surface area is 159 Å². The number of amides is 1. The Kier molecular flexibility index (Phi) is 7.23. The summed E-state index contributed by atoms with van der Waals surface area (Å²) in [6, 6.07) is 12.5. The van der Waals surface area contributed by atoms with Gasteiger partial charge in [-0.1, -0.05) is 31.2 Å². The Bertz CT molecular complexity index is 786. The molecule has 0 aliphatic heterocycles. The number of benzene rings is 2. The third-order valence-electron chi connectivity index (χ3n) is 4.22. The average molecular weight is 371 g/mol. The van der Waals surface area contributed by atoms with Gasteiger partial charge in [-0.05, 0) is 42.7 Å². The maximum Gasteiger partial charge on any atom is 0.338 e. The summed E-state index contributed by atoms with van der Waals surface area (Å²) in [5.41, 5.74) is 2.51. The summed E-state index contributed by atoms with van der Waals surface area (Å²) >= 11 is 0. The lowest BCUT2D eigenvalue weighted by Crippen LogP contribution is -2.31. The summed E-state index contributed by atoms with van der Waals surface area (Å²) in [5, 5.41) is 2.82. The second kappa shape index (κ2) is 9.62. The van der Waals surface area contributed by atoms with Gasteiger partial charge in [-0.3, -0.25) is 4.79 Å². The van der Waals surface area contributed by atoms with Crippen molar-refractivity contribution in [3.8, 4) is 11.5 Å². The fourth-order valence-corrected chi connectivity index (χ4v) is 2.59. The molecular formula is C21H25NO5. The van der Waals surface area contributed by atoms with Crippen LogP contribution in [-0.2, 0) is 16.0 Å². The van der Waals surface area contributed by atoms with Crippen molar-refractivity contribution in [2.24, 2.45) is 0 Å². The van der Waals surface area contributed by atoms with E-state index in [1.807, 2.05) is 31.2 Å². The molecular weight excluding hydrogens is 346 g/mol. The molecule has 27 heavy (non-hydrogen) atoms. The van der Waals surface area contributed by atoms with Crippen LogP contribution in [0.15, 0.2) is 42.5 Å². The highest BCUT2D eigenvalue weighted by Crippen LogP contribution is 2.27. The topological polar surface area (TPSA) is 73.9 Å². The molecule has 0 unspecified atom stereocenters. The van der Waals surface area contributed by atoms with Crippen LogP contribution in [0.4, 0.5) is 0 Å². The van der Waals surface area contributed by atoms with Crippen molar-refractivity contribution in [1.29, 1.82) is 0 Å². The fourth-order valence-electron chi connectivity index (χ4n) is 2.59. The molecule has 0 radical (unpaired) electrons. The molecule has 2 rings (SSSR count). The van der Waals surface area contributed by atoms with Crippen molar-refractivity contribution >= 4 is 11.9 Å². The molecule has 2 aromatic rings. The van der Waals surface area contributed by atoms with Crippen molar-refractivity contribution in [3.05, 3.63) is 59.2 Å². The number of hydrogen-bond donors (Lipinski definition) is 1. The zero-order valence-corrected chi connectivity index (χ0v) is 16.1. The predicted molar refractivity (Wildman–Crippen MR) is 102 cm³/mol. The van der Waals surface area contributed by atoms with Crippen LogP contribution in [0.1, 0.15) is 41.4 Å². The van der Waals surface area contributed by atoms with Crippen LogP contribution in [0.25, 0.3) is 0 Å². The standard InChI is InChI=1S/C21H25NO5/c1-5-15-6-8-16(9-7-15)14(2)22-20(23)13-27-21(24)17-10-11-18(25-3)19(12-17)26-4/h6-12,14H,5,13H2,1-4H3,(H,22,23)/t14-/m0/s1. The van der Waals surface area contributed by atoms with Gasteiger partial charge in [0.15, 0.2) is 18.1 Å². The Balaban J connectivity index is 1.89. The van der Waals surface area contributed by atoms with E-state index in [4.69, 9.17) is 14.2 Å². The quantitative estimate of drug-likeness (QED) is 0.721. The van der Waals surface area contributed by atoms with Gasteiger partial charge in [0.25, 0.3) is 5.91 Å².